The lowest BCUT2D eigenvalue weighted by atomic mass is 10.0. The van der Waals surface area contributed by atoms with E-state index in [-0.39, 0.29) is 17.8 Å². The minimum Gasteiger partial charge on any atom is -0.396 e. The first-order chi connectivity index (χ1) is 8.06. The van der Waals surface area contributed by atoms with Gasteiger partial charge in [0, 0.05) is 13.2 Å². The van der Waals surface area contributed by atoms with Gasteiger partial charge in [-0.05, 0) is 31.6 Å². The molecule has 0 aromatic carbocycles. The van der Waals surface area contributed by atoms with Crippen LogP contribution in [0, 0.1) is 5.92 Å². The predicted molar refractivity (Wildman–Crippen MR) is 69.3 cm³/mol. The average Bonchev–Trinajstić information content (AvgIpc) is 2.35. The molecule has 1 aliphatic carbocycles. The van der Waals surface area contributed by atoms with E-state index < -0.39 is 10.0 Å². The number of aliphatic hydroxyl groups excluding tert-OH is 1. The summed E-state index contributed by atoms with van der Waals surface area (Å²) in [7, 11) is -3.10. The lowest BCUT2D eigenvalue weighted by Gasteiger charge is -2.22. The average molecular weight is 263 g/mol. The molecule has 0 aliphatic heterocycles. The molecule has 102 valence electrons. The van der Waals surface area contributed by atoms with Crippen molar-refractivity contribution in [2.45, 2.75) is 57.1 Å². The molecule has 0 aromatic heterocycles. The molecule has 5 heteroatoms. The zero-order chi connectivity index (χ0) is 12.7. The van der Waals surface area contributed by atoms with Crippen molar-refractivity contribution in [3.8, 4) is 0 Å². The van der Waals surface area contributed by atoms with Crippen LogP contribution in [0.2, 0.25) is 0 Å². The Balaban J connectivity index is 2.24. The van der Waals surface area contributed by atoms with Crippen LogP contribution in [-0.4, -0.2) is 31.9 Å². The van der Waals surface area contributed by atoms with E-state index in [0.717, 1.165) is 38.5 Å². The summed E-state index contributed by atoms with van der Waals surface area (Å²) in [6.45, 7) is 2.65. The van der Waals surface area contributed by atoms with Crippen molar-refractivity contribution in [3.05, 3.63) is 0 Å². The van der Waals surface area contributed by atoms with E-state index in [4.69, 9.17) is 5.11 Å². The molecule has 1 atom stereocenters. The Morgan fingerprint density at radius 3 is 2.53 bits per heavy atom. The van der Waals surface area contributed by atoms with E-state index >= 15 is 0 Å². The Morgan fingerprint density at radius 1 is 1.29 bits per heavy atom. The second-order valence-electron chi connectivity index (χ2n) is 5.13. The van der Waals surface area contributed by atoms with Crippen molar-refractivity contribution < 1.29 is 13.5 Å². The van der Waals surface area contributed by atoms with Gasteiger partial charge in [-0.25, -0.2) is 13.1 Å². The standard InChI is InChI=1S/C12H25NO3S/c1-11(10-14)6-5-9-13-17(15,16)12-7-3-2-4-8-12/h11-14H,2-10H2,1H3. The first-order valence-electron chi connectivity index (χ1n) is 6.65. The molecule has 1 unspecified atom stereocenters. The van der Waals surface area contributed by atoms with Crippen molar-refractivity contribution in [2.75, 3.05) is 13.2 Å². The zero-order valence-electron chi connectivity index (χ0n) is 10.7. The second-order valence-corrected chi connectivity index (χ2v) is 7.17. The van der Waals surface area contributed by atoms with Gasteiger partial charge in [-0.2, -0.15) is 0 Å². The van der Waals surface area contributed by atoms with Crippen LogP contribution >= 0.6 is 0 Å². The molecule has 0 saturated heterocycles. The SMILES string of the molecule is CC(CO)CCCNS(=O)(=O)C1CCCCC1. The summed E-state index contributed by atoms with van der Waals surface area (Å²) in [6, 6.07) is 0. The molecule has 0 aromatic rings. The number of hydrogen-bond acceptors (Lipinski definition) is 3. The minimum absolute atomic E-state index is 0.175. The molecule has 2 N–H and O–H groups in total. The largest absolute Gasteiger partial charge is 0.396 e. The van der Waals surface area contributed by atoms with Gasteiger partial charge in [0.25, 0.3) is 0 Å². The molecule has 0 spiro atoms. The molecule has 4 nitrogen and oxygen atoms in total. The molecule has 0 heterocycles. The summed E-state index contributed by atoms with van der Waals surface area (Å²) in [5.41, 5.74) is 0. The molecule has 1 rings (SSSR count). The van der Waals surface area contributed by atoms with Gasteiger partial charge in [-0.1, -0.05) is 26.2 Å². The van der Waals surface area contributed by atoms with Crippen LogP contribution in [0.5, 0.6) is 0 Å². The third-order valence-corrected chi connectivity index (χ3v) is 5.44. The van der Waals surface area contributed by atoms with Gasteiger partial charge < -0.3 is 5.11 Å². The summed E-state index contributed by atoms with van der Waals surface area (Å²) in [5.74, 6) is 0.259. The normalized spacial score (nSPS) is 20.4. The molecule has 0 bridgehead atoms. The fourth-order valence-corrected chi connectivity index (χ4v) is 3.87. The van der Waals surface area contributed by atoms with Crippen LogP contribution in [-0.2, 0) is 10.0 Å². The highest BCUT2D eigenvalue weighted by Gasteiger charge is 2.26. The van der Waals surface area contributed by atoms with E-state index in [0.29, 0.717) is 6.54 Å². The molecular formula is C12H25NO3S. The summed E-state index contributed by atoms with van der Waals surface area (Å²) in [6.07, 6.45) is 6.52. The lowest BCUT2D eigenvalue weighted by molar-refractivity contribution is 0.228. The fraction of sp³-hybridized carbons (Fsp3) is 1.00. The maximum atomic E-state index is 11.9. The van der Waals surface area contributed by atoms with Crippen molar-refractivity contribution in [3.63, 3.8) is 0 Å². The van der Waals surface area contributed by atoms with Crippen molar-refractivity contribution >= 4 is 10.0 Å². The number of hydrogen-bond donors (Lipinski definition) is 2. The van der Waals surface area contributed by atoms with Crippen molar-refractivity contribution in [1.82, 2.24) is 4.72 Å². The third-order valence-electron chi connectivity index (χ3n) is 3.48. The van der Waals surface area contributed by atoms with E-state index in [1.54, 1.807) is 0 Å². The van der Waals surface area contributed by atoms with Crippen LogP contribution in [0.25, 0.3) is 0 Å². The first kappa shape index (κ1) is 14.9. The molecule has 17 heavy (non-hydrogen) atoms. The number of nitrogens with one attached hydrogen (secondary N) is 1. The van der Waals surface area contributed by atoms with Gasteiger partial charge in [0.1, 0.15) is 0 Å². The van der Waals surface area contributed by atoms with E-state index in [1.165, 1.54) is 6.42 Å². The highest BCUT2D eigenvalue weighted by atomic mass is 32.2. The fourth-order valence-electron chi connectivity index (χ4n) is 2.25. The summed E-state index contributed by atoms with van der Waals surface area (Å²) in [4.78, 5) is 0. The van der Waals surface area contributed by atoms with Crippen molar-refractivity contribution in [2.24, 2.45) is 5.92 Å². The first-order valence-corrected chi connectivity index (χ1v) is 8.20. The summed E-state index contributed by atoms with van der Waals surface area (Å²) in [5, 5.41) is 8.68. The van der Waals surface area contributed by atoms with Crippen LogP contribution < -0.4 is 4.72 Å². The smallest absolute Gasteiger partial charge is 0.214 e. The Kier molecular flexibility index (Phi) is 6.44. The van der Waals surface area contributed by atoms with Crippen LogP contribution in [0.1, 0.15) is 51.9 Å². The highest BCUT2D eigenvalue weighted by molar-refractivity contribution is 7.90. The van der Waals surface area contributed by atoms with Crippen LogP contribution in [0.3, 0.4) is 0 Å². The Bertz CT molecular complexity index is 297. The molecule has 1 fully saturated rings. The molecule has 0 radical (unpaired) electrons. The van der Waals surface area contributed by atoms with Crippen LogP contribution in [0.15, 0.2) is 0 Å². The molecular weight excluding hydrogens is 238 g/mol. The third kappa shape index (κ3) is 5.36. The van der Waals surface area contributed by atoms with Crippen LogP contribution in [0.4, 0.5) is 0 Å². The van der Waals surface area contributed by atoms with Gasteiger partial charge in [0.05, 0.1) is 5.25 Å². The molecule has 0 amide bonds. The van der Waals surface area contributed by atoms with Gasteiger partial charge in [-0.3, -0.25) is 0 Å². The zero-order valence-corrected chi connectivity index (χ0v) is 11.5. The van der Waals surface area contributed by atoms with Gasteiger partial charge >= 0.3 is 0 Å². The molecule has 1 aliphatic rings. The van der Waals surface area contributed by atoms with E-state index in [2.05, 4.69) is 4.72 Å². The Morgan fingerprint density at radius 2 is 1.94 bits per heavy atom. The second kappa shape index (κ2) is 7.34. The topological polar surface area (TPSA) is 66.4 Å². The number of rotatable bonds is 7. The lowest BCUT2D eigenvalue weighted by Crippen LogP contribution is -2.36. The van der Waals surface area contributed by atoms with Gasteiger partial charge in [0.15, 0.2) is 0 Å². The Hall–Kier alpha value is -0.130. The van der Waals surface area contributed by atoms with Gasteiger partial charge in [0.2, 0.25) is 10.0 Å². The summed E-state index contributed by atoms with van der Waals surface area (Å²) >= 11 is 0. The maximum Gasteiger partial charge on any atom is 0.214 e. The predicted octanol–water partition coefficient (Wildman–Crippen LogP) is 1.65. The minimum atomic E-state index is -3.10. The number of sulfonamides is 1. The summed E-state index contributed by atoms with van der Waals surface area (Å²) < 4.78 is 26.6. The van der Waals surface area contributed by atoms with Gasteiger partial charge in [-0.15, -0.1) is 0 Å². The molecule has 1 saturated carbocycles. The Labute approximate surface area is 105 Å². The monoisotopic (exact) mass is 263 g/mol. The quantitative estimate of drug-likeness (QED) is 0.686. The number of aliphatic hydroxyl groups is 1. The van der Waals surface area contributed by atoms with E-state index in [1.807, 2.05) is 6.92 Å². The highest BCUT2D eigenvalue weighted by Crippen LogP contribution is 2.22. The maximum absolute atomic E-state index is 11.9. The van der Waals surface area contributed by atoms with Crippen molar-refractivity contribution in [1.29, 1.82) is 0 Å². The van der Waals surface area contributed by atoms with E-state index in [9.17, 15) is 8.42 Å².